The molecule has 0 atom stereocenters. The van der Waals surface area contributed by atoms with Crippen molar-refractivity contribution in [3.8, 4) is 5.69 Å². The zero-order chi connectivity index (χ0) is 27.5. The number of para-hydroxylation sites is 1. The van der Waals surface area contributed by atoms with E-state index in [1.54, 1.807) is 4.68 Å². The average molecular weight is 519 g/mol. The van der Waals surface area contributed by atoms with E-state index in [4.69, 9.17) is 5.73 Å². The highest BCUT2D eigenvalue weighted by Gasteiger charge is 2.14. The summed E-state index contributed by atoms with van der Waals surface area (Å²) in [6, 6.07) is 21.7. The van der Waals surface area contributed by atoms with E-state index in [9.17, 15) is 0 Å². The normalized spacial score (nSPS) is 11.2. The highest BCUT2D eigenvalue weighted by Crippen LogP contribution is 2.32. The van der Waals surface area contributed by atoms with Gasteiger partial charge in [-0.1, -0.05) is 42.0 Å². The van der Waals surface area contributed by atoms with E-state index in [0.717, 1.165) is 28.2 Å². The molecule has 4 N–H and O–H groups in total. The van der Waals surface area contributed by atoms with Crippen LogP contribution < -0.4 is 16.4 Å². The summed E-state index contributed by atoms with van der Waals surface area (Å²) in [5.74, 6) is 1.91. The first-order chi connectivity index (χ1) is 18.8. The van der Waals surface area contributed by atoms with Gasteiger partial charge in [0.05, 0.1) is 17.1 Å². The van der Waals surface area contributed by atoms with Crippen molar-refractivity contribution in [2.75, 3.05) is 16.4 Å². The molecule has 10 nitrogen and oxygen atoms in total. The highest BCUT2D eigenvalue weighted by atomic mass is 15.3. The molecule has 0 amide bonds. The number of azo groups is 1. The van der Waals surface area contributed by atoms with E-state index in [2.05, 4.69) is 53.9 Å². The number of nitrogens with zero attached hydrogens (tertiary/aromatic N) is 7. The number of benzene rings is 3. The van der Waals surface area contributed by atoms with Crippen LogP contribution in [0.1, 0.15) is 28.2 Å². The topological polar surface area (TPSA) is 131 Å². The second-order valence-electron chi connectivity index (χ2n) is 9.37. The van der Waals surface area contributed by atoms with Gasteiger partial charge in [-0.15, -0.1) is 5.11 Å². The van der Waals surface area contributed by atoms with Gasteiger partial charge in [0.2, 0.25) is 11.9 Å². The molecule has 10 heteroatoms. The molecule has 39 heavy (non-hydrogen) atoms. The molecule has 0 spiro atoms. The molecule has 196 valence electrons. The van der Waals surface area contributed by atoms with E-state index in [0.29, 0.717) is 40.6 Å². The minimum absolute atomic E-state index is 0.422. The maximum absolute atomic E-state index is 6.38. The minimum atomic E-state index is 0.422. The Bertz CT molecular complexity index is 1670. The number of nitrogens with one attached hydrogen (secondary N) is 2. The second-order valence-corrected chi connectivity index (χ2v) is 9.37. The fraction of sp³-hybridized carbons (Fsp3) is 0.172. The summed E-state index contributed by atoms with van der Waals surface area (Å²) in [7, 11) is 0. The van der Waals surface area contributed by atoms with Crippen molar-refractivity contribution in [2.24, 2.45) is 10.2 Å². The molecule has 0 fully saturated rings. The highest BCUT2D eigenvalue weighted by molar-refractivity contribution is 5.66. The van der Waals surface area contributed by atoms with Crippen molar-refractivity contribution in [3.63, 3.8) is 0 Å². The molecule has 5 aromatic rings. The number of aromatic nitrogens is 5. The summed E-state index contributed by atoms with van der Waals surface area (Å²) in [4.78, 5) is 13.5. The third-order valence-electron chi connectivity index (χ3n) is 6.16. The van der Waals surface area contributed by atoms with Gasteiger partial charge >= 0.3 is 0 Å². The molecule has 0 unspecified atom stereocenters. The Hall–Kier alpha value is -5.12. The Kier molecular flexibility index (Phi) is 7.00. The first-order valence-corrected chi connectivity index (χ1v) is 12.5. The van der Waals surface area contributed by atoms with Crippen LogP contribution in [0.25, 0.3) is 5.69 Å². The van der Waals surface area contributed by atoms with Crippen LogP contribution >= 0.6 is 0 Å². The first-order valence-electron chi connectivity index (χ1n) is 12.5. The SMILES string of the molecule is Cc1ccc(Nc2nc(C)nc(Nc3ccc(C)c(N=Nc4c(C)nn(-c5ccccc5)c4N)c3)n2)c(C)c1. The van der Waals surface area contributed by atoms with Crippen LogP contribution in [0.3, 0.4) is 0 Å². The lowest BCUT2D eigenvalue weighted by atomic mass is 10.1. The van der Waals surface area contributed by atoms with Crippen molar-refractivity contribution in [3.05, 3.63) is 94.9 Å². The number of aryl methyl sites for hydroxylation is 5. The van der Waals surface area contributed by atoms with Crippen LogP contribution in [0.15, 0.2) is 77.0 Å². The van der Waals surface area contributed by atoms with Crippen molar-refractivity contribution in [2.45, 2.75) is 34.6 Å². The van der Waals surface area contributed by atoms with Gasteiger partial charge in [0.1, 0.15) is 5.82 Å². The molecule has 0 aliphatic rings. The van der Waals surface area contributed by atoms with Crippen molar-refractivity contribution < 1.29 is 0 Å². The lowest BCUT2D eigenvalue weighted by Crippen LogP contribution is -2.06. The molecule has 0 radical (unpaired) electrons. The van der Waals surface area contributed by atoms with Gasteiger partial charge in [-0.2, -0.15) is 25.2 Å². The molecule has 0 aliphatic heterocycles. The zero-order valence-corrected chi connectivity index (χ0v) is 22.6. The summed E-state index contributed by atoms with van der Waals surface area (Å²) < 4.78 is 1.67. The van der Waals surface area contributed by atoms with Gasteiger partial charge in [-0.25, -0.2) is 4.68 Å². The quantitative estimate of drug-likeness (QED) is 0.196. The molecular formula is C29H30N10. The van der Waals surface area contributed by atoms with Crippen LogP contribution in [0.2, 0.25) is 0 Å². The lowest BCUT2D eigenvalue weighted by Gasteiger charge is -2.11. The molecule has 0 bridgehead atoms. The van der Waals surface area contributed by atoms with Crippen LogP contribution in [-0.4, -0.2) is 24.7 Å². The third-order valence-corrected chi connectivity index (χ3v) is 6.16. The predicted octanol–water partition coefficient (Wildman–Crippen LogP) is 7.08. The average Bonchev–Trinajstić information content (AvgIpc) is 3.19. The van der Waals surface area contributed by atoms with Crippen molar-refractivity contribution in [1.29, 1.82) is 0 Å². The second kappa shape index (κ2) is 10.7. The van der Waals surface area contributed by atoms with E-state index >= 15 is 0 Å². The van der Waals surface area contributed by atoms with Crippen LogP contribution in [0.4, 0.5) is 40.5 Å². The van der Waals surface area contributed by atoms with Gasteiger partial charge < -0.3 is 16.4 Å². The summed E-state index contributed by atoms with van der Waals surface area (Å²) >= 11 is 0. The standard InChI is InChI=1S/C29H30N10/c1-17-11-14-24(19(3)15-17)34-29-32-21(5)31-28(35-29)33-22-13-12-18(2)25(16-22)36-37-26-20(4)38-39(27(26)30)23-9-7-6-8-10-23/h6-16H,30H2,1-5H3,(H2,31,32,33,34,35). The summed E-state index contributed by atoms with van der Waals surface area (Å²) in [5.41, 5.74) is 14.1. The molecule has 5 rings (SSSR count). The minimum Gasteiger partial charge on any atom is -0.382 e. The van der Waals surface area contributed by atoms with E-state index < -0.39 is 0 Å². The zero-order valence-electron chi connectivity index (χ0n) is 22.6. The Labute approximate surface area is 227 Å². The molecule has 3 aromatic carbocycles. The largest absolute Gasteiger partial charge is 0.382 e. The van der Waals surface area contributed by atoms with Crippen LogP contribution in [0.5, 0.6) is 0 Å². The molecule has 0 saturated carbocycles. The van der Waals surface area contributed by atoms with Gasteiger partial charge in [0.15, 0.2) is 11.5 Å². The Morgan fingerprint density at radius 1 is 0.744 bits per heavy atom. The predicted molar refractivity (Wildman–Crippen MR) is 155 cm³/mol. The van der Waals surface area contributed by atoms with Gasteiger partial charge in [-0.3, -0.25) is 0 Å². The number of anilines is 5. The van der Waals surface area contributed by atoms with Crippen molar-refractivity contribution >= 4 is 40.5 Å². The summed E-state index contributed by atoms with van der Waals surface area (Å²) in [6.07, 6.45) is 0. The maximum Gasteiger partial charge on any atom is 0.232 e. The number of nitrogen functional groups attached to an aromatic ring is 1. The van der Waals surface area contributed by atoms with Crippen molar-refractivity contribution in [1.82, 2.24) is 24.7 Å². The maximum atomic E-state index is 6.38. The fourth-order valence-corrected chi connectivity index (χ4v) is 4.12. The lowest BCUT2D eigenvalue weighted by molar-refractivity contribution is 0.872. The molecule has 2 aromatic heterocycles. The monoisotopic (exact) mass is 518 g/mol. The third kappa shape index (κ3) is 5.74. The van der Waals surface area contributed by atoms with Gasteiger partial charge in [-0.05, 0) is 76.1 Å². The fourth-order valence-electron chi connectivity index (χ4n) is 4.12. The van der Waals surface area contributed by atoms with Crippen LogP contribution in [-0.2, 0) is 0 Å². The van der Waals surface area contributed by atoms with Crippen LogP contribution in [0, 0.1) is 34.6 Å². The number of hydrogen-bond donors (Lipinski definition) is 3. The molecule has 0 aliphatic carbocycles. The van der Waals surface area contributed by atoms with E-state index in [1.165, 1.54) is 5.56 Å². The molecular weight excluding hydrogens is 488 g/mol. The Morgan fingerprint density at radius 3 is 2.23 bits per heavy atom. The van der Waals surface area contributed by atoms with Gasteiger partial charge in [0, 0.05) is 11.4 Å². The summed E-state index contributed by atoms with van der Waals surface area (Å²) in [5, 5.41) is 20.1. The molecule has 0 saturated heterocycles. The van der Waals surface area contributed by atoms with Gasteiger partial charge in [0.25, 0.3) is 0 Å². The Balaban J connectivity index is 1.38. The summed E-state index contributed by atoms with van der Waals surface area (Å²) in [6.45, 7) is 9.78. The molecule has 2 heterocycles. The number of nitrogens with two attached hydrogens (primary N) is 1. The number of hydrogen-bond acceptors (Lipinski definition) is 9. The Morgan fingerprint density at radius 2 is 1.49 bits per heavy atom. The smallest absolute Gasteiger partial charge is 0.232 e. The van der Waals surface area contributed by atoms with E-state index in [-0.39, 0.29) is 0 Å². The number of rotatable bonds is 7. The van der Waals surface area contributed by atoms with E-state index in [1.807, 2.05) is 88.4 Å². The first kappa shape index (κ1) is 25.5.